The molecule has 4 rings (SSSR count). The van der Waals surface area contributed by atoms with Crippen LogP contribution < -0.4 is 5.32 Å². The molecule has 0 bridgehead atoms. The normalized spacial score (nSPS) is 11.2. The highest BCUT2D eigenvalue weighted by Crippen LogP contribution is 2.27. The van der Waals surface area contributed by atoms with Crippen molar-refractivity contribution in [2.45, 2.75) is 6.92 Å². The first kappa shape index (κ1) is 18.0. The van der Waals surface area contributed by atoms with E-state index in [-0.39, 0.29) is 5.91 Å². The largest absolute Gasteiger partial charge is 0.436 e. The van der Waals surface area contributed by atoms with Crippen molar-refractivity contribution in [1.82, 2.24) is 4.98 Å². The van der Waals surface area contributed by atoms with Crippen molar-refractivity contribution < 1.29 is 9.21 Å². The second kappa shape index (κ2) is 7.71. The fraction of sp³-hybridized carbons (Fsp3) is 0.0435. The number of aromatic nitrogens is 1. The minimum atomic E-state index is -0.213. The summed E-state index contributed by atoms with van der Waals surface area (Å²) in [6, 6.07) is 20.6. The molecule has 28 heavy (non-hydrogen) atoms. The Labute approximate surface area is 167 Å². The van der Waals surface area contributed by atoms with Gasteiger partial charge < -0.3 is 9.73 Å². The fourth-order valence-corrected chi connectivity index (χ4v) is 2.97. The number of halogens is 1. The maximum absolute atomic E-state index is 12.2. The van der Waals surface area contributed by atoms with Crippen LogP contribution >= 0.6 is 11.6 Å². The molecule has 0 spiro atoms. The van der Waals surface area contributed by atoms with Gasteiger partial charge in [-0.15, -0.1) is 0 Å². The molecule has 0 aliphatic heterocycles. The number of hydrogen-bond donors (Lipinski definition) is 1. The molecule has 0 saturated carbocycles. The highest BCUT2D eigenvalue weighted by atomic mass is 35.5. The zero-order valence-corrected chi connectivity index (χ0v) is 15.9. The van der Waals surface area contributed by atoms with E-state index in [0.717, 1.165) is 11.1 Å². The van der Waals surface area contributed by atoms with Gasteiger partial charge in [0.05, 0.1) is 0 Å². The van der Waals surface area contributed by atoms with Gasteiger partial charge in [-0.3, -0.25) is 4.79 Å². The maximum atomic E-state index is 12.2. The van der Waals surface area contributed by atoms with E-state index in [0.29, 0.717) is 27.7 Å². The molecule has 5 heteroatoms. The van der Waals surface area contributed by atoms with Crippen LogP contribution in [-0.4, -0.2) is 10.9 Å². The van der Waals surface area contributed by atoms with Crippen molar-refractivity contribution in [3.05, 3.63) is 89.0 Å². The maximum Gasteiger partial charge on any atom is 0.248 e. The highest BCUT2D eigenvalue weighted by molar-refractivity contribution is 6.30. The van der Waals surface area contributed by atoms with Crippen molar-refractivity contribution in [2.24, 2.45) is 0 Å². The summed E-state index contributed by atoms with van der Waals surface area (Å²) < 4.78 is 5.83. The van der Waals surface area contributed by atoms with Crippen LogP contribution in [-0.2, 0) is 4.79 Å². The van der Waals surface area contributed by atoms with Crippen molar-refractivity contribution >= 4 is 40.4 Å². The number of fused-ring (bicyclic) bond motifs is 1. The molecule has 1 amide bonds. The van der Waals surface area contributed by atoms with Crippen LogP contribution in [0.1, 0.15) is 11.1 Å². The third kappa shape index (κ3) is 4.13. The monoisotopic (exact) mass is 388 g/mol. The molecular formula is C23H17ClN2O2. The summed E-state index contributed by atoms with van der Waals surface area (Å²) in [7, 11) is 0. The zero-order valence-electron chi connectivity index (χ0n) is 15.1. The number of carbonyl (C=O) groups excluding carboxylic acids is 1. The molecule has 0 unspecified atom stereocenters. The summed E-state index contributed by atoms with van der Waals surface area (Å²) >= 11 is 6.03. The second-order valence-electron chi connectivity index (χ2n) is 6.45. The third-order valence-electron chi connectivity index (χ3n) is 4.23. The molecule has 0 atom stereocenters. The predicted octanol–water partition coefficient (Wildman–Crippen LogP) is 6.11. The standard InChI is InChI=1S/C23H17ClN2O2/c1-15-5-7-16(8-6-15)9-12-22(27)25-19-10-11-20-21(14-19)28-23(26-20)17-3-2-4-18(24)13-17/h2-14H,1H3,(H,25,27)/b12-9+. The van der Waals surface area contributed by atoms with Crippen molar-refractivity contribution in [2.75, 3.05) is 5.32 Å². The van der Waals surface area contributed by atoms with E-state index < -0.39 is 0 Å². The number of rotatable bonds is 4. The summed E-state index contributed by atoms with van der Waals surface area (Å²) in [4.78, 5) is 16.7. The van der Waals surface area contributed by atoms with E-state index in [1.807, 2.05) is 49.4 Å². The lowest BCUT2D eigenvalue weighted by molar-refractivity contribution is -0.111. The number of amides is 1. The van der Waals surface area contributed by atoms with Gasteiger partial charge in [-0.2, -0.15) is 0 Å². The average Bonchev–Trinajstić information content (AvgIpc) is 3.11. The SMILES string of the molecule is Cc1ccc(/C=C/C(=O)Nc2ccc3nc(-c4cccc(Cl)c4)oc3c2)cc1. The van der Waals surface area contributed by atoms with Gasteiger partial charge in [-0.05, 0) is 48.9 Å². The van der Waals surface area contributed by atoms with E-state index >= 15 is 0 Å². The van der Waals surface area contributed by atoms with Crippen LogP contribution in [0.4, 0.5) is 5.69 Å². The molecule has 4 aromatic rings. The van der Waals surface area contributed by atoms with E-state index in [9.17, 15) is 4.79 Å². The summed E-state index contributed by atoms with van der Waals surface area (Å²) in [6.07, 6.45) is 3.28. The number of nitrogens with one attached hydrogen (secondary N) is 1. The number of aryl methyl sites for hydroxylation is 1. The van der Waals surface area contributed by atoms with Crippen LogP contribution in [0, 0.1) is 6.92 Å². The van der Waals surface area contributed by atoms with E-state index in [1.165, 1.54) is 11.6 Å². The number of hydrogen-bond acceptors (Lipinski definition) is 3. The molecule has 4 nitrogen and oxygen atoms in total. The molecule has 1 N–H and O–H groups in total. The summed E-state index contributed by atoms with van der Waals surface area (Å²) in [5.41, 5.74) is 4.89. The Morgan fingerprint density at radius 2 is 1.89 bits per heavy atom. The number of anilines is 1. The van der Waals surface area contributed by atoms with Crippen LogP contribution in [0.25, 0.3) is 28.6 Å². The molecule has 0 radical (unpaired) electrons. The Bertz CT molecular complexity index is 1180. The van der Waals surface area contributed by atoms with Gasteiger partial charge in [-0.25, -0.2) is 4.98 Å². The Hall–Kier alpha value is -3.37. The number of oxazole rings is 1. The van der Waals surface area contributed by atoms with Gasteiger partial charge in [0, 0.05) is 28.4 Å². The lowest BCUT2D eigenvalue weighted by Crippen LogP contribution is -2.07. The van der Waals surface area contributed by atoms with Crippen molar-refractivity contribution in [1.29, 1.82) is 0 Å². The smallest absolute Gasteiger partial charge is 0.248 e. The lowest BCUT2D eigenvalue weighted by atomic mass is 10.1. The summed E-state index contributed by atoms with van der Waals surface area (Å²) in [5, 5.41) is 3.46. The number of carbonyl (C=O) groups is 1. The van der Waals surface area contributed by atoms with Crippen LogP contribution in [0.3, 0.4) is 0 Å². The minimum absolute atomic E-state index is 0.213. The van der Waals surface area contributed by atoms with E-state index in [2.05, 4.69) is 10.3 Å². The lowest BCUT2D eigenvalue weighted by Gasteiger charge is -2.01. The van der Waals surface area contributed by atoms with Gasteiger partial charge in [0.1, 0.15) is 5.52 Å². The number of benzene rings is 3. The van der Waals surface area contributed by atoms with E-state index in [1.54, 1.807) is 30.3 Å². The third-order valence-corrected chi connectivity index (χ3v) is 4.47. The first-order valence-electron chi connectivity index (χ1n) is 8.79. The molecule has 3 aromatic carbocycles. The molecule has 0 fully saturated rings. The Balaban J connectivity index is 1.51. The first-order valence-corrected chi connectivity index (χ1v) is 9.17. The molecule has 0 aliphatic rings. The molecule has 1 aromatic heterocycles. The van der Waals surface area contributed by atoms with Gasteiger partial charge in [0.15, 0.2) is 5.58 Å². The number of nitrogens with zero attached hydrogens (tertiary/aromatic N) is 1. The molecular weight excluding hydrogens is 372 g/mol. The van der Waals surface area contributed by atoms with E-state index in [4.69, 9.17) is 16.0 Å². The van der Waals surface area contributed by atoms with Gasteiger partial charge >= 0.3 is 0 Å². The zero-order chi connectivity index (χ0) is 19.5. The molecule has 138 valence electrons. The fourth-order valence-electron chi connectivity index (χ4n) is 2.78. The average molecular weight is 389 g/mol. The first-order chi connectivity index (χ1) is 13.6. The van der Waals surface area contributed by atoms with Crippen molar-refractivity contribution in [3.8, 4) is 11.5 Å². The Morgan fingerprint density at radius 3 is 2.68 bits per heavy atom. The quantitative estimate of drug-likeness (QED) is 0.429. The van der Waals surface area contributed by atoms with Crippen LogP contribution in [0.15, 0.2) is 77.2 Å². The Morgan fingerprint density at radius 1 is 1.07 bits per heavy atom. The van der Waals surface area contributed by atoms with Crippen molar-refractivity contribution in [3.63, 3.8) is 0 Å². The predicted molar refractivity (Wildman–Crippen MR) is 113 cm³/mol. The molecule has 0 aliphatic carbocycles. The second-order valence-corrected chi connectivity index (χ2v) is 6.88. The summed E-state index contributed by atoms with van der Waals surface area (Å²) in [5.74, 6) is 0.273. The molecule has 1 heterocycles. The van der Waals surface area contributed by atoms with Crippen LogP contribution in [0.5, 0.6) is 0 Å². The molecule has 0 saturated heterocycles. The van der Waals surface area contributed by atoms with Gasteiger partial charge in [0.25, 0.3) is 0 Å². The van der Waals surface area contributed by atoms with Crippen LogP contribution in [0.2, 0.25) is 5.02 Å². The Kier molecular flexibility index (Phi) is 4.96. The minimum Gasteiger partial charge on any atom is -0.436 e. The van der Waals surface area contributed by atoms with Gasteiger partial charge in [0.2, 0.25) is 11.8 Å². The summed E-state index contributed by atoms with van der Waals surface area (Å²) in [6.45, 7) is 2.03. The van der Waals surface area contributed by atoms with Gasteiger partial charge in [-0.1, -0.05) is 47.5 Å². The topological polar surface area (TPSA) is 55.1 Å². The highest BCUT2D eigenvalue weighted by Gasteiger charge is 2.10.